The van der Waals surface area contributed by atoms with E-state index in [2.05, 4.69) is 5.10 Å². The Labute approximate surface area is 88.4 Å². The van der Waals surface area contributed by atoms with Crippen LogP contribution in [0, 0.1) is 0 Å². The highest BCUT2D eigenvalue weighted by Gasteiger charge is 2.09. The van der Waals surface area contributed by atoms with E-state index < -0.39 is 9.84 Å². The van der Waals surface area contributed by atoms with Crippen molar-refractivity contribution in [2.24, 2.45) is 0 Å². The van der Waals surface area contributed by atoms with Gasteiger partial charge in [0.25, 0.3) is 0 Å². The number of aliphatic hydroxyl groups is 1. The fraction of sp³-hybridized carbons (Fsp3) is 0.625. The topological polar surface area (TPSA) is 81.4 Å². The first-order valence-corrected chi connectivity index (χ1v) is 6.34. The van der Waals surface area contributed by atoms with Crippen molar-refractivity contribution in [3.05, 3.63) is 12.4 Å². The molecule has 1 heterocycles. The molecular weight excluding hydrogens is 220 g/mol. The Kier molecular flexibility index (Phi) is 4.25. The molecule has 0 spiro atoms. The van der Waals surface area contributed by atoms with Gasteiger partial charge in [-0.25, -0.2) is 8.42 Å². The van der Waals surface area contributed by atoms with Gasteiger partial charge in [0, 0.05) is 12.5 Å². The van der Waals surface area contributed by atoms with Gasteiger partial charge in [-0.3, -0.25) is 4.68 Å². The predicted octanol–water partition coefficient (Wildman–Crippen LogP) is -0.705. The number of ether oxygens (including phenoxy) is 1. The normalized spacial score (nSPS) is 11.9. The van der Waals surface area contributed by atoms with E-state index in [1.165, 1.54) is 17.1 Å². The molecule has 0 atom stereocenters. The van der Waals surface area contributed by atoms with Crippen molar-refractivity contribution >= 4 is 9.84 Å². The zero-order chi connectivity index (χ0) is 11.3. The van der Waals surface area contributed by atoms with Crippen molar-refractivity contribution in [3.63, 3.8) is 0 Å². The van der Waals surface area contributed by atoms with Gasteiger partial charge in [-0.15, -0.1) is 0 Å². The highest BCUT2D eigenvalue weighted by molar-refractivity contribution is 7.90. The average Bonchev–Trinajstić information content (AvgIpc) is 2.60. The molecule has 0 amide bonds. The lowest BCUT2D eigenvalue weighted by molar-refractivity contribution is 0.0853. The quantitative estimate of drug-likeness (QED) is 0.658. The third kappa shape index (κ3) is 3.98. The molecule has 15 heavy (non-hydrogen) atoms. The summed E-state index contributed by atoms with van der Waals surface area (Å²) in [5.41, 5.74) is 0. The molecular formula is C8H14N2O4S. The third-order valence-electron chi connectivity index (χ3n) is 1.74. The summed E-state index contributed by atoms with van der Waals surface area (Å²) in [6, 6.07) is 0. The van der Waals surface area contributed by atoms with Crippen LogP contribution in [0.4, 0.5) is 0 Å². The Morgan fingerprint density at radius 3 is 2.80 bits per heavy atom. The molecule has 0 saturated carbocycles. The summed E-state index contributed by atoms with van der Waals surface area (Å²) in [6.07, 6.45) is 3.90. The molecule has 0 aliphatic rings. The molecule has 0 saturated heterocycles. The fourth-order valence-corrected chi connectivity index (χ4v) is 1.53. The van der Waals surface area contributed by atoms with Gasteiger partial charge in [-0.05, 0) is 0 Å². The molecule has 1 rings (SSSR count). The van der Waals surface area contributed by atoms with Gasteiger partial charge in [0.2, 0.25) is 0 Å². The second-order valence-corrected chi connectivity index (χ2v) is 5.06. The van der Waals surface area contributed by atoms with E-state index in [9.17, 15) is 8.42 Å². The van der Waals surface area contributed by atoms with E-state index in [0.717, 1.165) is 6.26 Å². The van der Waals surface area contributed by atoms with E-state index in [1.807, 2.05) is 0 Å². The molecule has 0 bridgehead atoms. The van der Waals surface area contributed by atoms with E-state index in [0.29, 0.717) is 13.2 Å². The Morgan fingerprint density at radius 2 is 2.27 bits per heavy atom. The second kappa shape index (κ2) is 5.24. The highest BCUT2D eigenvalue weighted by Crippen LogP contribution is 2.05. The maximum atomic E-state index is 11.1. The van der Waals surface area contributed by atoms with Crippen LogP contribution in [-0.2, 0) is 21.1 Å². The van der Waals surface area contributed by atoms with Gasteiger partial charge in [-0.2, -0.15) is 5.10 Å². The lowest BCUT2D eigenvalue weighted by Crippen LogP contribution is -2.08. The molecule has 6 nitrogen and oxygen atoms in total. The summed E-state index contributed by atoms with van der Waals surface area (Å²) in [5.74, 6) is 0. The maximum Gasteiger partial charge on any atom is 0.178 e. The van der Waals surface area contributed by atoms with Crippen molar-refractivity contribution in [1.29, 1.82) is 0 Å². The fourth-order valence-electron chi connectivity index (χ4n) is 0.983. The largest absolute Gasteiger partial charge is 0.394 e. The molecule has 0 fully saturated rings. The van der Waals surface area contributed by atoms with E-state index >= 15 is 0 Å². The molecule has 1 aromatic heterocycles. The Hall–Kier alpha value is -0.920. The van der Waals surface area contributed by atoms with Crippen LogP contribution in [-0.4, -0.2) is 49.4 Å². The van der Waals surface area contributed by atoms with Crippen molar-refractivity contribution < 1.29 is 18.3 Å². The van der Waals surface area contributed by atoms with E-state index in [-0.39, 0.29) is 18.1 Å². The minimum Gasteiger partial charge on any atom is -0.394 e. The van der Waals surface area contributed by atoms with Gasteiger partial charge in [-0.1, -0.05) is 0 Å². The maximum absolute atomic E-state index is 11.1. The first-order chi connectivity index (χ1) is 7.04. The number of nitrogens with zero attached hydrogens (tertiary/aromatic N) is 2. The second-order valence-electron chi connectivity index (χ2n) is 3.05. The molecule has 0 radical (unpaired) electrons. The number of aromatic nitrogens is 2. The first-order valence-electron chi connectivity index (χ1n) is 4.45. The SMILES string of the molecule is CS(=O)(=O)c1cnn(CCOCCO)c1. The van der Waals surface area contributed by atoms with Crippen molar-refractivity contribution in [1.82, 2.24) is 9.78 Å². The van der Waals surface area contributed by atoms with Crippen LogP contribution < -0.4 is 0 Å². The Balaban J connectivity index is 2.47. The van der Waals surface area contributed by atoms with Crippen molar-refractivity contribution in [2.75, 3.05) is 26.1 Å². The molecule has 0 unspecified atom stereocenters. The molecule has 1 aromatic rings. The Morgan fingerprint density at radius 1 is 1.53 bits per heavy atom. The van der Waals surface area contributed by atoms with Crippen LogP contribution >= 0.6 is 0 Å². The van der Waals surface area contributed by atoms with Crippen LogP contribution in [0.2, 0.25) is 0 Å². The van der Waals surface area contributed by atoms with Gasteiger partial charge in [0.05, 0.1) is 32.6 Å². The zero-order valence-corrected chi connectivity index (χ0v) is 9.27. The molecule has 7 heteroatoms. The number of rotatable bonds is 6. The van der Waals surface area contributed by atoms with Crippen molar-refractivity contribution in [3.8, 4) is 0 Å². The smallest absolute Gasteiger partial charge is 0.178 e. The summed E-state index contributed by atoms with van der Waals surface area (Å²) >= 11 is 0. The van der Waals surface area contributed by atoms with Crippen LogP contribution in [0.15, 0.2) is 17.3 Å². The lowest BCUT2D eigenvalue weighted by Gasteiger charge is -2.01. The number of aliphatic hydroxyl groups excluding tert-OH is 1. The highest BCUT2D eigenvalue weighted by atomic mass is 32.2. The van der Waals surface area contributed by atoms with Crippen LogP contribution in [0.5, 0.6) is 0 Å². The summed E-state index contributed by atoms with van der Waals surface area (Å²) in [6.45, 7) is 1.12. The van der Waals surface area contributed by atoms with Gasteiger partial charge < -0.3 is 9.84 Å². The molecule has 0 aromatic carbocycles. The van der Waals surface area contributed by atoms with E-state index in [4.69, 9.17) is 9.84 Å². The lowest BCUT2D eigenvalue weighted by atomic mass is 10.6. The van der Waals surface area contributed by atoms with Crippen LogP contribution in [0.3, 0.4) is 0 Å². The van der Waals surface area contributed by atoms with Crippen LogP contribution in [0.1, 0.15) is 0 Å². The van der Waals surface area contributed by atoms with Crippen LogP contribution in [0.25, 0.3) is 0 Å². The number of sulfone groups is 1. The van der Waals surface area contributed by atoms with Gasteiger partial charge >= 0.3 is 0 Å². The minimum absolute atomic E-state index is 0.0201. The molecule has 86 valence electrons. The Bertz CT molecular complexity index is 399. The van der Waals surface area contributed by atoms with Crippen molar-refractivity contribution in [2.45, 2.75) is 11.4 Å². The molecule has 0 aliphatic carbocycles. The van der Waals surface area contributed by atoms with Gasteiger partial charge in [0.1, 0.15) is 4.90 Å². The first kappa shape index (κ1) is 12.2. The summed E-state index contributed by atoms with van der Waals surface area (Å²) in [4.78, 5) is 0.199. The number of hydrogen-bond acceptors (Lipinski definition) is 5. The predicted molar refractivity (Wildman–Crippen MR) is 53.2 cm³/mol. The molecule has 0 aliphatic heterocycles. The van der Waals surface area contributed by atoms with E-state index in [1.54, 1.807) is 0 Å². The summed E-state index contributed by atoms with van der Waals surface area (Å²) in [7, 11) is -3.18. The number of hydrogen-bond donors (Lipinski definition) is 1. The monoisotopic (exact) mass is 234 g/mol. The summed E-state index contributed by atoms with van der Waals surface area (Å²) < 4.78 is 28.7. The standard InChI is InChI=1S/C8H14N2O4S/c1-15(12,13)8-6-9-10(7-8)2-4-14-5-3-11/h6-7,11H,2-5H2,1H3. The zero-order valence-electron chi connectivity index (χ0n) is 8.46. The summed E-state index contributed by atoms with van der Waals surface area (Å²) in [5, 5.41) is 12.3. The average molecular weight is 234 g/mol. The third-order valence-corrected chi connectivity index (χ3v) is 2.81. The van der Waals surface area contributed by atoms with Gasteiger partial charge in [0.15, 0.2) is 9.84 Å². The molecule has 1 N–H and O–H groups in total. The minimum atomic E-state index is -3.18.